The minimum atomic E-state index is 0.313. The summed E-state index contributed by atoms with van der Waals surface area (Å²) in [6.07, 6.45) is 5.51. The number of aliphatic hydroxyl groups excluding tert-OH is 1. The predicted octanol–water partition coefficient (Wildman–Crippen LogP) is 1.83. The normalized spacial score (nSPS) is 40.1. The van der Waals surface area contributed by atoms with Crippen molar-refractivity contribution in [2.45, 2.75) is 20.3 Å². The molecular formula is C9H16O. The van der Waals surface area contributed by atoms with Crippen molar-refractivity contribution in [3.8, 4) is 0 Å². The van der Waals surface area contributed by atoms with Crippen molar-refractivity contribution in [1.82, 2.24) is 0 Å². The fourth-order valence-corrected chi connectivity index (χ4v) is 1.43. The van der Waals surface area contributed by atoms with Crippen LogP contribution >= 0.6 is 0 Å². The number of rotatable bonds is 1. The Balaban J connectivity index is 2.51. The van der Waals surface area contributed by atoms with Gasteiger partial charge in [0.15, 0.2) is 0 Å². The van der Waals surface area contributed by atoms with Crippen molar-refractivity contribution in [1.29, 1.82) is 0 Å². The fourth-order valence-electron chi connectivity index (χ4n) is 1.43. The molecule has 1 heteroatoms. The first-order valence-electron chi connectivity index (χ1n) is 4.03. The quantitative estimate of drug-likeness (QED) is 0.551. The van der Waals surface area contributed by atoms with Crippen molar-refractivity contribution < 1.29 is 5.11 Å². The van der Waals surface area contributed by atoms with E-state index in [1.54, 1.807) is 0 Å². The maximum Gasteiger partial charge on any atom is 0.0493 e. The SMILES string of the molecule is C[C@@H]1C=C[C@H](CO)C[C@@H]1C. The lowest BCUT2D eigenvalue weighted by Gasteiger charge is -2.25. The predicted molar refractivity (Wildman–Crippen MR) is 42.7 cm³/mol. The topological polar surface area (TPSA) is 20.2 Å². The molecule has 0 amide bonds. The van der Waals surface area contributed by atoms with E-state index < -0.39 is 0 Å². The highest BCUT2D eigenvalue weighted by molar-refractivity contribution is 4.98. The summed E-state index contributed by atoms with van der Waals surface area (Å²) in [4.78, 5) is 0. The summed E-state index contributed by atoms with van der Waals surface area (Å²) in [6, 6.07) is 0. The maximum absolute atomic E-state index is 8.84. The number of hydrogen-bond acceptors (Lipinski definition) is 1. The van der Waals surface area contributed by atoms with Gasteiger partial charge in [0, 0.05) is 12.5 Å². The second kappa shape index (κ2) is 3.20. The smallest absolute Gasteiger partial charge is 0.0493 e. The van der Waals surface area contributed by atoms with Crippen LogP contribution < -0.4 is 0 Å². The highest BCUT2D eigenvalue weighted by Crippen LogP contribution is 2.26. The van der Waals surface area contributed by atoms with Gasteiger partial charge in [-0.1, -0.05) is 26.0 Å². The monoisotopic (exact) mass is 140 g/mol. The average molecular weight is 140 g/mol. The minimum absolute atomic E-state index is 0.313. The molecule has 1 N–H and O–H groups in total. The molecule has 0 bridgehead atoms. The Kier molecular flexibility index (Phi) is 2.50. The van der Waals surface area contributed by atoms with Gasteiger partial charge in [0.2, 0.25) is 0 Å². The zero-order valence-electron chi connectivity index (χ0n) is 6.75. The van der Waals surface area contributed by atoms with Crippen LogP contribution in [0.15, 0.2) is 12.2 Å². The van der Waals surface area contributed by atoms with Gasteiger partial charge in [-0.15, -0.1) is 0 Å². The fraction of sp³-hybridized carbons (Fsp3) is 0.778. The summed E-state index contributed by atoms with van der Waals surface area (Å²) in [5, 5.41) is 8.84. The molecule has 0 heterocycles. The molecule has 0 unspecified atom stereocenters. The summed E-state index contributed by atoms with van der Waals surface area (Å²) in [6.45, 7) is 4.79. The molecule has 1 rings (SSSR count). The zero-order chi connectivity index (χ0) is 7.56. The van der Waals surface area contributed by atoms with Gasteiger partial charge in [-0.05, 0) is 18.3 Å². The molecule has 1 aliphatic rings. The third kappa shape index (κ3) is 1.60. The van der Waals surface area contributed by atoms with Crippen molar-refractivity contribution in [2.24, 2.45) is 17.8 Å². The van der Waals surface area contributed by atoms with Crippen LogP contribution in [0.2, 0.25) is 0 Å². The number of allylic oxidation sites excluding steroid dienone is 1. The highest BCUT2D eigenvalue weighted by Gasteiger charge is 2.18. The molecule has 0 saturated heterocycles. The molecule has 1 nitrogen and oxygen atoms in total. The molecule has 0 spiro atoms. The van der Waals surface area contributed by atoms with Crippen LogP contribution in [-0.4, -0.2) is 11.7 Å². The second-order valence-electron chi connectivity index (χ2n) is 3.40. The Morgan fingerprint density at radius 3 is 2.60 bits per heavy atom. The second-order valence-corrected chi connectivity index (χ2v) is 3.40. The van der Waals surface area contributed by atoms with Crippen molar-refractivity contribution in [3.05, 3.63) is 12.2 Å². The summed E-state index contributed by atoms with van der Waals surface area (Å²) >= 11 is 0. The van der Waals surface area contributed by atoms with Gasteiger partial charge in [-0.2, -0.15) is 0 Å². The van der Waals surface area contributed by atoms with Crippen LogP contribution in [0.3, 0.4) is 0 Å². The highest BCUT2D eigenvalue weighted by atomic mass is 16.3. The largest absolute Gasteiger partial charge is 0.396 e. The summed E-state index contributed by atoms with van der Waals surface area (Å²) in [5.41, 5.74) is 0. The third-order valence-electron chi connectivity index (χ3n) is 2.49. The van der Waals surface area contributed by atoms with E-state index >= 15 is 0 Å². The molecule has 1 aliphatic carbocycles. The van der Waals surface area contributed by atoms with Crippen molar-refractivity contribution >= 4 is 0 Å². The minimum Gasteiger partial charge on any atom is -0.396 e. The molecule has 0 saturated carbocycles. The van der Waals surface area contributed by atoms with Crippen molar-refractivity contribution in [2.75, 3.05) is 6.61 Å². The summed E-state index contributed by atoms with van der Waals surface area (Å²) < 4.78 is 0. The van der Waals surface area contributed by atoms with Gasteiger partial charge in [0.25, 0.3) is 0 Å². The van der Waals surface area contributed by atoms with Crippen molar-refractivity contribution in [3.63, 3.8) is 0 Å². The first-order chi connectivity index (χ1) is 4.74. The molecule has 10 heavy (non-hydrogen) atoms. The molecule has 3 atom stereocenters. The summed E-state index contributed by atoms with van der Waals surface area (Å²) in [5.74, 6) is 1.86. The molecule has 0 radical (unpaired) electrons. The van der Waals surface area contributed by atoms with Crippen LogP contribution in [-0.2, 0) is 0 Å². The van der Waals surface area contributed by atoms with E-state index in [2.05, 4.69) is 26.0 Å². The van der Waals surface area contributed by atoms with Crippen LogP contribution in [0.5, 0.6) is 0 Å². The van der Waals surface area contributed by atoms with Gasteiger partial charge >= 0.3 is 0 Å². The molecule has 0 aromatic heterocycles. The molecule has 0 fully saturated rings. The molecule has 0 aliphatic heterocycles. The maximum atomic E-state index is 8.84. The lowest BCUT2D eigenvalue weighted by Crippen LogP contribution is -2.17. The van der Waals surface area contributed by atoms with E-state index in [9.17, 15) is 0 Å². The first-order valence-corrected chi connectivity index (χ1v) is 4.03. The molecule has 0 aromatic rings. The Bertz CT molecular complexity index is 129. The zero-order valence-corrected chi connectivity index (χ0v) is 6.75. The molecule has 0 aromatic carbocycles. The lowest BCUT2D eigenvalue weighted by atomic mass is 9.81. The lowest BCUT2D eigenvalue weighted by molar-refractivity contribution is 0.214. The van der Waals surface area contributed by atoms with Gasteiger partial charge < -0.3 is 5.11 Å². The number of aliphatic hydroxyl groups is 1. The van der Waals surface area contributed by atoms with Crippen LogP contribution in [0.1, 0.15) is 20.3 Å². The van der Waals surface area contributed by atoms with E-state index in [-0.39, 0.29) is 0 Å². The third-order valence-corrected chi connectivity index (χ3v) is 2.49. The van der Waals surface area contributed by atoms with E-state index in [4.69, 9.17) is 5.11 Å². The molecule has 58 valence electrons. The first kappa shape index (κ1) is 7.80. The van der Waals surface area contributed by atoms with E-state index in [1.807, 2.05) is 0 Å². The van der Waals surface area contributed by atoms with E-state index in [1.165, 1.54) is 0 Å². The Labute approximate surface area is 62.8 Å². The Morgan fingerprint density at radius 1 is 1.40 bits per heavy atom. The average Bonchev–Trinajstić information content (AvgIpc) is 1.95. The Hall–Kier alpha value is -0.300. The van der Waals surface area contributed by atoms with Crippen LogP contribution in [0.4, 0.5) is 0 Å². The van der Waals surface area contributed by atoms with Crippen LogP contribution in [0.25, 0.3) is 0 Å². The van der Waals surface area contributed by atoms with Gasteiger partial charge in [-0.25, -0.2) is 0 Å². The number of hydrogen-bond donors (Lipinski definition) is 1. The van der Waals surface area contributed by atoms with Crippen LogP contribution in [0, 0.1) is 17.8 Å². The van der Waals surface area contributed by atoms with E-state index in [0.29, 0.717) is 18.4 Å². The summed E-state index contributed by atoms with van der Waals surface area (Å²) in [7, 11) is 0. The van der Waals surface area contributed by atoms with E-state index in [0.717, 1.165) is 12.3 Å². The van der Waals surface area contributed by atoms with Gasteiger partial charge in [0.1, 0.15) is 0 Å². The Morgan fingerprint density at radius 2 is 2.10 bits per heavy atom. The van der Waals surface area contributed by atoms with Gasteiger partial charge in [0.05, 0.1) is 0 Å². The molecular weight excluding hydrogens is 124 g/mol. The van der Waals surface area contributed by atoms with Gasteiger partial charge in [-0.3, -0.25) is 0 Å². The standard InChI is InChI=1S/C9H16O/c1-7-3-4-9(6-10)5-8(7)2/h3-4,7-10H,5-6H2,1-2H3/t7-,8+,9+/m1/s1.